The van der Waals surface area contributed by atoms with Gasteiger partial charge in [-0.2, -0.15) is 0 Å². The van der Waals surface area contributed by atoms with Crippen LogP contribution in [0.5, 0.6) is 0 Å². The summed E-state index contributed by atoms with van der Waals surface area (Å²) in [7, 11) is 1.25. The first-order valence-electron chi connectivity index (χ1n) is 10.6. The molecule has 0 N–H and O–H groups in total. The molecule has 0 aromatic carbocycles. The van der Waals surface area contributed by atoms with Gasteiger partial charge in [-0.05, 0) is 6.42 Å². The molecule has 0 rings (SSSR count). The molecule has 0 radical (unpaired) electrons. The van der Waals surface area contributed by atoms with Gasteiger partial charge in [0.15, 0.2) is 0 Å². The monoisotopic (exact) mass is 384 g/mol. The number of carbonyl (C=O) groups excluding carboxylic acids is 2. The highest BCUT2D eigenvalue weighted by atomic mass is 16.6. The average molecular weight is 385 g/mol. The van der Waals surface area contributed by atoms with Gasteiger partial charge in [-0.25, -0.2) is 4.79 Å². The zero-order valence-corrected chi connectivity index (χ0v) is 17.6. The number of ether oxygens (including phenoxy) is 3. The Balaban J connectivity index is 3.24. The average Bonchev–Trinajstić information content (AvgIpc) is 2.66. The predicted octanol–water partition coefficient (Wildman–Crippen LogP) is 5.37. The van der Waals surface area contributed by atoms with Crippen LogP contribution in [0.2, 0.25) is 0 Å². The SMILES string of the molecule is C=C(CC(=O)OCCOCCCCCCCCCCCCCC)C(=O)OC. The molecule has 5 nitrogen and oxygen atoms in total. The third-order valence-corrected chi connectivity index (χ3v) is 4.46. The zero-order valence-electron chi connectivity index (χ0n) is 17.6. The Hall–Kier alpha value is -1.36. The summed E-state index contributed by atoms with van der Waals surface area (Å²) in [6, 6.07) is 0. The van der Waals surface area contributed by atoms with E-state index in [0.717, 1.165) is 6.42 Å². The lowest BCUT2D eigenvalue weighted by atomic mass is 10.1. The summed E-state index contributed by atoms with van der Waals surface area (Å²) in [6.45, 7) is 7.02. The molecular weight excluding hydrogens is 344 g/mol. The molecule has 0 saturated heterocycles. The molecule has 0 aromatic heterocycles. The van der Waals surface area contributed by atoms with Crippen LogP contribution >= 0.6 is 0 Å². The molecule has 5 heteroatoms. The summed E-state index contributed by atoms with van der Waals surface area (Å²) in [5, 5.41) is 0. The highest BCUT2D eigenvalue weighted by molar-refractivity contribution is 5.93. The highest BCUT2D eigenvalue weighted by Gasteiger charge is 2.12. The van der Waals surface area contributed by atoms with Gasteiger partial charge in [0.1, 0.15) is 6.61 Å². The first-order valence-corrected chi connectivity index (χ1v) is 10.6. The molecule has 0 aromatic rings. The number of hydrogen-bond donors (Lipinski definition) is 0. The molecule has 0 unspecified atom stereocenters. The molecular formula is C22H40O5. The summed E-state index contributed by atoms with van der Waals surface area (Å²) in [6.07, 6.45) is 15.7. The van der Waals surface area contributed by atoms with Crippen LogP contribution in [0.4, 0.5) is 0 Å². The zero-order chi connectivity index (χ0) is 20.2. The minimum atomic E-state index is -0.588. The maximum Gasteiger partial charge on any atom is 0.333 e. The second-order valence-corrected chi connectivity index (χ2v) is 6.99. The van der Waals surface area contributed by atoms with Crippen LogP contribution in [-0.2, 0) is 23.8 Å². The van der Waals surface area contributed by atoms with E-state index in [4.69, 9.17) is 9.47 Å². The fourth-order valence-corrected chi connectivity index (χ4v) is 2.80. The molecule has 0 bridgehead atoms. The number of esters is 2. The molecule has 0 aliphatic carbocycles. The van der Waals surface area contributed by atoms with Crippen molar-refractivity contribution in [1.29, 1.82) is 0 Å². The summed E-state index contributed by atoms with van der Waals surface area (Å²) >= 11 is 0. The number of methoxy groups -OCH3 is 1. The quantitative estimate of drug-likeness (QED) is 0.170. The van der Waals surface area contributed by atoms with Gasteiger partial charge in [0.2, 0.25) is 0 Å². The van der Waals surface area contributed by atoms with Crippen LogP contribution < -0.4 is 0 Å². The Kier molecular flexibility index (Phi) is 18.4. The van der Waals surface area contributed by atoms with E-state index in [1.54, 1.807) is 0 Å². The van der Waals surface area contributed by atoms with Crippen molar-refractivity contribution in [1.82, 2.24) is 0 Å². The van der Waals surface area contributed by atoms with Crippen molar-refractivity contribution < 1.29 is 23.8 Å². The van der Waals surface area contributed by atoms with Crippen molar-refractivity contribution in [3.8, 4) is 0 Å². The van der Waals surface area contributed by atoms with E-state index in [0.29, 0.717) is 13.2 Å². The first-order chi connectivity index (χ1) is 13.1. The molecule has 0 heterocycles. The molecule has 0 aliphatic rings. The molecule has 0 aliphatic heterocycles. The maximum atomic E-state index is 11.5. The summed E-state index contributed by atoms with van der Waals surface area (Å²) in [4.78, 5) is 22.6. The van der Waals surface area contributed by atoms with Crippen molar-refractivity contribution in [3.63, 3.8) is 0 Å². The molecule has 158 valence electrons. The van der Waals surface area contributed by atoms with Crippen molar-refractivity contribution >= 4 is 11.9 Å². The lowest BCUT2D eigenvalue weighted by molar-refractivity contribution is -0.146. The Bertz CT molecular complexity index is 392. The lowest BCUT2D eigenvalue weighted by Gasteiger charge is -2.07. The smallest absolute Gasteiger partial charge is 0.333 e. The van der Waals surface area contributed by atoms with Crippen molar-refractivity contribution in [2.75, 3.05) is 26.9 Å². The topological polar surface area (TPSA) is 61.8 Å². The van der Waals surface area contributed by atoms with Gasteiger partial charge < -0.3 is 14.2 Å². The van der Waals surface area contributed by atoms with Gasteiger partial charge in [-0.15, -0.1) is 0 Å². The molecule has 0 atom stereocenters. The predicted molar refractivity (Wildman–Crippen MR) is 109 cm³/mol. The standard InChI is InChI=1S/C22H40O5/c1-4-5-6-7-8-9-10-11-12-13-14-15-16-26-17-18-27-21(23)19-20(2)22(24)25-3/h2,4-19H2,1,3H3. The van der Waals surface area contributed by atoms with E-state index in [-0.39, 0.29) is 18.6 Å². The maximum absolute atomic E-state index is 11.5. The number of rotatable bonds is 19. The van der Waals surface area contributed by atoms with Crippen molar-refractivity contribution in [3.05, 3.63) is 12.2 Å². The van der Waals surface area contributed by atoms with E-state index in [9.17, 15) is 9.59 Å². The molecule has 0 fully saturated rings. The highest BCUT2D eigenvalue weighted by Crippen LogP contribution is 2.11. The minimum Gasteiger partial charge on any atom is -0.466 e. The number of unbranched alkanes of at least 4 members (excludes halogenated alkanes) is 11. The van der Waals surface area contributed by atoms with Crippen LogP contribution in [0, 0.1) is 0 Å². The van der Waals surface area contributed by atoms with Crippen LogP contribution in [0.25, 0.3) is 0 Å². The van der Waals surface area contributed by atoms with Gasteiger partial charge in [-0.3, -0.25) is 4.79 Å². The lowest BCUT2D eigenvalue weighted by Crippen LogP contribution is -2.14. The summed E-state index contributed by atoms with van der Waals surface area (Å²) in [5.74, 6) is -1.07. The van der Waals surface area contributed by atoms with E-state index < -0.39 is 11.9 Å². The van der Waals surface area contributed by atoms with Crippen LogP contribution in [0.15, 0.2) is 12.2 Å². The molecule has 0 spiro atoms. The van der Waals surface area contributed by atoms with Crippen molar-refractivity contribution in [2.24, 2.45) is 0 Å². The molecule has 0 amide bonds. The second-order valence-electron chi connectivity index (χ2n) is 6.99. The van der Waals surface area contributed by atoms with Crippen molar-refractivity contribution in [2.45, 2.75) is 90.4 Å². The third-order valence-electron chi connectivity index (χ3n) is 4.46. The largest absolute Gasteiger partial charge is 0.466 e. The normalized spacial score (nSPS) is 10.6. The van der Waals surface area contributed by atoms with Gasteiger partial charge >= 0.3 is 11.9 Å². The molecule has 27 heavy (non-hydrogen) atoms. The van der Waals surface area contributed by atoms with E-state index in [1.165, 1.54) is 77.7 Å². The van der Waals surface area contributed by atoms with E-state index >= 15 is 0 Å². The third kappa shape index (κ3) is 17.8. The minimum absolute atomic E-state index is 0.0971. The van der Waals surface area contributed by atoms with E-state index in [2.05, 4.69) is 18.2 Å². The van der Waals surface area contributed by atoms with Gasteiger partial charge in [0.25, 0.3) is 0 Å². The van der Waals surface area contributed by atoms with E-state index in [1.807, 2.05) is 0 Å². The Morgan fingerprint density at radius 3 is 1.78 bits per heavy atom. The summed E-state index contributed by atoms with van der Waals surface area (Å²) < 4.78 is 14.9. The van der Waals surface area contributed by atoms with Gasteiger partial charge in [0.05, 0.1) is 20.1 Å². The second kappa shape index (κ2) is 19.4. The Morgan fingerprint density at radius 2 is 1.26 bits per heavy atom. The van der Waals surface area contributed by atoms with Gasteiger partial charge in [-0.1, -0.05) is 84.1 Å². The fraction of sp³-hybridized carbons (Fsp3) is 0.818. The van der Waals surface area contributed by atoms with Gasteiger partial charge in [0, 0.05) is 12.2 Å². The first kappa shape index (κ1) is 25.6. The number of hydrogen-bond acceptors (Lipinski definition) is 5. The van der Waals surface area contributed by atoms with Crippen LogP contribution in [-0.4, -0.2) is 38.9 Å². The summed E-state index contributed by atoms with van der Waals surface area (Å²) in [5.41, 5.74) is 0.0971. The van der Waals surface area contributed by atoms with Crippen LogP contribution in [0.3, 0.4) is 0 Å². The Labute approximate surface area is 165 Å². The number of carbonyl (C=O) groups is 2. The van der Waals surface area contributed by atoms with Crippen LogP contribution in [0.1, 0.15) is 90.4 Å². The fourth-order valence-electron chi connectivity index (χ4n) is 2.80. The molecule has 0 saturated carbocycles. The Morgan fingerprint density at radius 1 is 0.741 bits per heavy atom.